The van der Waals surface area contributed by atoms with E-state index in [1.807, 2.05) is 43.3 Å². The molecule has 0 saturated carbocycles. The lowest BCUT2D eigenvalue weighted by molar-refractivity contribution is 1.59. The molecule has 0 amide bonds. The predicted molar refractivity (Wildman–Crippen MR) is 110 cm³/mol. The van der Waals surface area contributed by atoms with E-state index in [4.69, 9.17) is 11.6 Å². The van der Waals surface area contributed by atoms with Crippen molar-refractivity contribution in [1.29, 1.82) is 0 Å². The summed E-state index contributed by atoms with van der Waals surface area (Å²) in [6.07, 6.45) is 10.7. The van der Waals surface area contributed by atoms with Gasteiger partial charge in [0.1, 0.15) is 0 Å². The molecule has 0 radical (unpaired) electrons. The average molecular weight is 406 g/mol. The van der Waals surface area contributed by atoms with E-state index in [1.54, 1.807) is 11.8 Å². The van der Waals surface area contributed by atoms with E-state index in [2.05, 4.69) is 58.6 Å². The summed E-state index contributed by atoms with van der Waals surface area (Å²) < 4.78 is 1.10. The fourth-order valence-corrected chi connectivity index (χ4v) is 3.12. The quantitative estimate of drug-likeness (QED) is 0.465. The SMILES string of the molecule is C\C=C/C(=C\C(=C\c1ccccc1Br)SC)c1ccc(Cl)cc1. The number of hydrogen-bond acceptors (Lipinski definition) is 1. The van der Waals surface area contributed by atoms with Crippen molar-refractivity contribution in [3.05, 3.63) is 92.3 Å². The molecule has 0 nitrogen and oxygen atoms in total. The van der Waals surface area contributed by atoms with Crippen LogP contribution in [0.3, 0.4) is 0 Å². The summed E-state index contributed by atoms with van der Waals surface area (Å²) in [5.41, 5.74) is 3.49. The zero-order chi connectivity index (χ0) is 16.7. The summed E-state index contributed by atoms with van der Waals surface area (Å²) in [5, 5.41) is 0.752. The predicted octanol–water partition coefficient (Wildman–Crippen LogP) is 7.47. The maximum Gasteiger partial charge on any atom is 0.0406 e. The Morgan fingerprint density at radius 3 is 2.39 bits per heavy atom. The van der Waals surface area contributed by atoms with Crippen LogP contribution in [0.4, 0.5) is 0 Å². The van der Waals surface area contributed by atoms with Crippen molar-refractivity contribution in [1.82, 2.24) is 0 Å². The number of benzene rings is 2. The molecular weight excluding hydrogens is 388 g/mol. The molecule has 0 unspecified atom stereocenters. The Hall–Kier alpha value is -1.22. The van der Waals surface area contributed by atoms with Gasteiger partial charge in [0.15, 0.2) is 0 Å². The Morgan fingerprint density at radius 2 is 1.78 bits per heavy atom. The van der Waals surface area contributed by atoms with Crippen molar-refractivity contribution < 1.29 is 0 Å². The van der Waals surface area contributed by atoms with Crippen LogP contribution < -0.4 is 0 Å². The van der Waals surface area contributed by atoms with Gasteiger partial charge < -0.3 is 0 Å². The highest BCUT2D eigenvalue weighted by Gasteiger charge is 2.02. The van der Waals surface area contributed by atoms with Crippen molar-refractivity contribution in [2.24, 2.45) is 0 Å². The lowest BCUT2D eigenvalue weighted by Crippen LogP contribution is -1.83. The van der Waals surface area contributed by atoms with Crippen molar-refractivity contribution in [2.75, 3.05) is 6.26 Å². The first kappa shape index (κ1) is 18.1. The van der Waals surface area contributed by atoms with Gasteiger partial charge in [-0.05, 0) is 60.2 Å². The molecule has 0 saturated heterocycles. The molecule has 0 aliphatic heterocycles. The first-order chi connectivity index (χ1) is 11.1. The highest BCUT2D eigenvalue weighted by molar-refractivity contribution is 9.10. The standard InChI is InChI=1S/C20H18BrClS/c1-3-6-16(15-9-11-18(22)12-10-15)13-19(23-2)14-17-7-4-5-8-20(17)21/h3-14H,1-2H3/b6-3-,16-13+,19-14-. The molecule has 3 heteroatoms. The van der Waals surface area contributed by atoms with Gasteiger partial charge in [-0.3, -0.25) is 0 Å². The Morgan fingerprint density at radius 1 is 1.09 bits per heavy atom. The number of allylic oxidation sites excluding steroid dienone is 4. The lowest BCUT2D eigenvalue weighted by Gasteiger charge is -2.06. The van der Waals surface area contributed by atoms with E-state index in [1.165, 1.54) is 10.5 Å². The normalized spacial score (nSPS) is 12.9. The monoisotopic (exact) mass is 404 g/mol. The van der Waals surface area contributed by atoms with E-state index < -0.39 is 0 Å². The van der Waals surface area contributed by atoms with Crippen molar-refractivity contribution in [3.8, 4) is 0 Å². The molecule has 2 aromatic carbocycles. The van der Waals surface area contributed by atoms with Crippen LogP contribution in [0.25, 0.3) is 11.6 Å². The summed E-state index contributed by atoms with van der Waals surface area (Å²) in [5.74, 6) is 0. The summed E-state index contributed by atoms with van der Waals surface area (Å²) in [7, 11) is 0. The van der Waals surface area contributed by atoms with Crippen molar-refractivity contribution in [2.45, 2.75) is 6.92 Å². The first-order valence-corrected chi connectivity index (χ1v) is 9.64. The molecular formula is C20H18BrClS. The van der Waals surface area contributed by atoms with E-state index in [0.717, 1.165) is 20.6 Å². The zero-order valence-corrected chi connectivity index (χ0v) is 16.3. The van der Waals surface area contributed by atoms with Gasteiger partial charge in [-0.1, -0.05) is 70.0 Å². The highest BCUT2D eigenvalue weighted by Crippen LogP contribution is 2.27. The minimum atomic E-state index is 0.752. The lowest BCUT2D eigenvalue weighted by atomic mass is 10.0. The second-order valence-electron chi connectivity index (χ2n) is 4.88. The van der Waals surface area contributed by atoms with Gasteiger partial charge in [-0.25, -0.2) is 0 Å². The van der Waals surface area contributed by atoms with Gasteiger partial charge in [0.05, 0.1) is 0 Å². The molecule has 0 atom stereocenters. The van der Waals surface area contributed by atoms with Gasteiger partial charge in [-0.2, -0.15) is 0 Å². The van der Waals surface area contributed by atoms with E-state index in [0.29, 0.717) is 0 Å². The summed E-state index contributed by atoms with van der Waals surface area (Å²) in [6, 6.07) is 16.2. The van der Waals surface area contributed by atoms with Crippen LogP contribution in [0.2, 0.25) is 5.02 Å². The van der Waals surface area contributed by atoms with Gasteiger partial charge in [-0.15, -0.1) is 11.8 Å². The molecule has 0 bridgehead atoms. The third-order valence-corrected chi connectivity index (χ3v) is 4.94. The van der Waals surface area contributed by atoms with E-state index >= 15 is 0 Å². The molecule has 0 heterocycles. The molecule has 2 rings (SSSR count). The summed E-state index contributed by atoms with van der Waals surface area (Å²) >= 11 is 11.3. The molecule has 118 valence electrons. The maximum atomic E-state index is 5.99. The van der Waals surface area contributed by atoms with Crippen LogP contribution in [-0.4, -0.2) is 6.26 Å². The second kappa shape index (κ2) is 9.17. The van der Waals surface area contributed by atoms with Gasteiger partial charge >= 0.3 is 0 Å². The topological polar surface area (TPSA) is 0 Å². The number of halogens is 2. The number of rotatable bonds is 5. The third-order valence-electron chi connectivity index (χ3n) is 3.26. The first-order valence-electron chi connectivity index (χ1n) is 7.24. The van der Waals surface area contributed by atoms with Crippen LogP contribution in [0.1, 0.15) is 18.1 Å². The molecule has 0 aliphatic rings. The molecule has 0 fully saturated rings. The van der Waals surface area contributed by atoms with E-state index in [9.17, 15) is 0 Å². The smallest absolute Gasteiger partial charge is 0.0406 e. The Kier molecular flexibility index (Phi) is 7.22. The van der Waals surface area contributed by atoms with Gasteiger partial charge in [0.25, 0.3) is 0 Å². The third kappa shape index (κ3) is 5.42. The zero-order valence-electron chi connectivity index (χ0n) is 13.1. The molecule has 0 spiro atoms. The minimum absolute atomic E-state index is 0.752. The number of hydrogen-bond donors (Lipinski definition) is 0. The average Bonchev–Trinajstić information content (AvgIpc) is 2.56. The molecule has 0 N–H and O–H groups in total. The van der Waals surface area contributed by atoms with Gasteiger partial charge in [0, 0.05) is 14.4 Å². The van der Waals surface area contributed by atoms with Crippen LogP contribution in [0.5, 0.6) is 0 Å². The molecule has 0 aromatic heterocycles. The Labute approximate surface area is 156 Å². The fraction of sp³-hybridized carbons (Fsp3) is 0.100. The summed E-state index contributed by atoms with van der Waals surface area (Å²) in [6.45, 7) is 2.03. The molecule has 0 aliphatic carbocycles. The minimum Gasteiger partial charge on any atom is -0.130 e. The largest absolute Gasteiger partial charge is 0.130 e. The van der Waals surface area contributed by atoms with Crippen molar-refractivity contribution >= 4 is 50.9 Å². The Balaban J connectivity index is 2.43. The highest BCUT2D eigenvalue weighted by atomic mass is 79.9. The fourth-order valence-electron chi connectivity index (χ4n) is 2.11. The van der Waals surface area contributed by atoms with Crippen LogP contribution in [0, 0.1) is 0 Å². The molecule has 23 heavy (non-hydrogen) atoms. The van der Waals surface area contributed by atoms with Crippen LogP contribution >= 0.6 is 39.3 Å². The molecule has 2 aromatic rings. The van der Waals surface area contributed by atoms with Crippen LogP contribution in [0.15, 0.2) is 76.1 Å². The van der Waals surface area contributed by atoms with Crippen LogP contribution in [-0.2, 0) is 0 Å². The number of thioether (sulfide) groups is 1. The van der Waals surface area contributed by atoms with Gasteiger partial charge in [0.2, 0.25) is 0 Å². The summed E-state index contributed by atoms with van der Waals surface area (Å²) in [4.78, 5) is 1.19. The van der Waals surface area contributed by atoms with Crippen molar-refractivity contribution in [3.63, 3.8) is 0 Å². The van der Waals surface area contributed by atoms with E-state index in [-0.39, 0.29) is 0 Å². The Bertz CT molecular complexity index is 742. The second-order valence-corrected chi connectivity index (χ2v) is 7.05. The maximum absolute atomic E-state index is 5.99.